The normalized spacial score (nSPS) is 11.5. The van der Waals surface area contributed by atoms with E-state index in [2.05, 4.69) is 5.16 Å². The van der Waals surface area contributed by atoms with Gasteiger partial charge in [0.15, 0.2) is 15.6 Å². The summed E-state index contributed by atoms with van der Waals surface area (Å²) in [4.78, 5) is 11.0. The van der Waals surface area contributed by atoms with Crippen LogP contribution < -0.4 is 0 Å². The molecule has 0 saturated carbocycles. The third kappa shape index (κ3) is 3.43. The zero-order valence-corrected chi connectivity index (χ0v) is 15.8. The molecule has 0 unspecified atom stereocenters. The average molecular weight is 390 g/mol. The van der Waals surface area contributed by atoms with Crippen LogP contribution in [0.3, 0.4) is 0 Å². The summed E-state index contributed by atoms with van der Waals surface area (Å²) in [5.74, 6) is 0.0282. The van der Waals surface area contributed by atoms with Crippen LogP contribution >= 0.6 is 11.6 Å². The molecule has 0 aliphatic rings. The Morgan fingerprint density at radius 2 is 1.85 bits per heavy atom. The first kappa shape index (κ1) is 18.4. The van der Waals surface area contributed by atoms with Gasteiger partial charge in [0.05, 0.1) is 10.6 Å². The van der Waals surface area contributed by atoms with Gasteiger partial charge in [-0.05, 0) is 26.0 Å². The molecule has 0 saturated heterocycles. The lowest BCUT2D eigenvalue weighted by atomic mass is 10.0. The molecule has 3 rings (SSSR count). The monoisotopic (exact) mass is 389 g/mol. The number of benzene rings is 2. The Morgan fingerprint density at radius 3 is 2.46 bits per heavy atom. The molecule has 0 aliphatic heterocycles. The molecule has 0 bridgehead atoms. The first-order valence-electron chi connectivity index (χ1n) is 7.82. The van der Waals surface area contributed by atoms with Gasteiger partial charge in [0, 0.05) is 27.3 Å². The number of aldehydes is 1. The van der Waals surface area contributed by atoms with Crippen molar-refractivity contribution in [1.29, 1.82) is 0 Å². The maximum Gasteiger partial charge on any atom is 0.186 e. The van der Waals surface area contributed by atoms with Gasteiger partial charge in [-0.3, -0.25) is 4.79 Å². The van der Waals surface area contributed by atoms with Crippen LogP contribution in [0.1, 0.15) is 27.4 Å². The van der Waals surface area contributed by atoms with Gasteiger partial charge in [-0.25, -0.2) is 8.42 Å². The largest absolute Gasteiger partial charge is 0.360 e. The first-order chi connectivity index (χ1) is 12.3. The van der Waals surface area contributed by atoms with Gasteiger partial charge in [-0.1, -0.05) is 47.1 Å². The lowest BCUT2D eigenvalue weighted by Gasteiger charge is -2.12. The van der Waals surface area contributed by atoms with Crippen LogP contribution in [0, 0.1) is 13.8 Å². The number of aromatic nitrogens is 1. The van der Waals surface area contributed by atoms with Gasteiger partial charge in [-0.2, -0.15) is 0 Å². The highest BCUT2D eigenvalue weighted by Gasteiger charge is 2.24. The van der Waals surface area contributed by atoms with Gasteiger partial charge in [0.2, 0.25) is 0 Å². The molecule has 0 N–H and O–H groups in total. The van der Waals surface area contributed by atoms with E-state index in [-0.39, 0.29) is 10.6 Å². The van der Waals surface area contributed by atoms with E-state index in [4.69, 9.17) is 16.1 Å². The van der Waals surface area contributed by atoms with E-state index in [1.165, 1.54) is 12.1 Å². The molecule has 134 valence electrons. The molecule has 0 radical (unpaired) electrons. The van der Waals surface area contributed by atoms with Crippen molar-refractivity contribution in [1.82, 2.24) is 5.16 Å². The molecular formula is C19H16ClNO4S. The lowest BCUT2D eigenvalue weighted by molar-refractivity contribution is 0.112. The van der Waals surface area contributed by atoms with Crippen LogP contribution in [-0.4, -0.2) is 19.9 Å². The van der Waals surface area contributed by atoms with Gasteiger partial charge in [0.1, 0.15) is 12.0 Å². The number of aryl methyl sites for hydroxylation is 1. The zero-order valence-electron chi connectivity index (χ0n) is 14.2. The van der Waals surface area contributed by atoms with Crippen molar-refractivity contribution in [3.63, 3.8) is 0 Å². The van der Waals surface area contributed by atoms with E-state index in [0.717, 1.165) is 5.56 Å². The summed E-state index contributed by atoms with van der Waals surface area (Å²) in [5, 5.41) is 4.12. The Balaban J connectivity index is 2.09. The van der Waals surface area contributed by atoms with Crippen molar-refractivity contribution < 1.29 is 17.7 Å². The van der Waals surface area contributed by atoms with Gasteiger partial charge in [0.25, 0.3) is 0 Å². The molecule has 0 aliphatic carbocycles. The Kier molecular flexibility index (Phi) is 4.98. The fourth-order valence-corrected chi connectivity index (χ4v) is 4.49. The van der Waals surface area contributed by atoms with Gasteiger partial charge in [-0.15, -0.1) is 0 Å². The van der Waals surface area contributed by atoms with Crippen LogP contribution in [0.4, 0.5) is 0 Å². The smallest absolute Gasteiger partial charge is 0.186 e. The second kappa shape index (κ2) is 7.05. The van der Waals surface area contributed by atoms with Crippen molar-refractivity contribution in [3.8, 4) is 11.1 Å². The Hall–Kier alpha value is -2.44. The van der Waals surface area contributed by atoms with E-state index >= 15 is 0 Å². The minimum Gasteiger partial charge on any atom is -0.360 e. The maximum atomic E-state index is 13.0. The van der Waals surface area contributed by atoms with Crippen LogP contribution in [0.5, 0.6) is 0 Å². The number of hydrogen-bond acceptors (Lipinski definition) is 5. The van der Waals surface area contributed by atoms with E-state index < -0.39 is 9.84 Å². The lowest BCUT2D eigenvalue weighted by Crippen LogP contribution is -2.07. The number of rotatable bonds is 5. The molecule has 0 spiro atoms. The number of carbonyl (C=O) groups excluding carboxylic acids is 1. The molecule has 5 nitrogen and oxygen atoms in total. The third-order valence-corrected chi connectivity index (χ3v) is 6.20. The number of carbonyl (C=O) groups is 1. The standard InChI is InChI=1S/C19H16ClNO4S/c1-12-13(2)21-25-18(12)11-26(23,24)19-6-4-3-5-16(19)15-8-7-14(10-22)9-17(15)20/h3-10H,11H2,1-2H3. The highest BCUT2D eigenvalue weighted by molar-refractivity contribution is 7.90. The molecule has 1 heterocycles. The van der Waals surface area contributed by atoms with Crippen LogP contribution in [0.2, 0.25) is 5.02 Å². The summed E-state index contributed by atoms with van der Waals surface area (Å²) >= 11 is 6.27. The Labute approximate surface area is 156 Å². The highest BCUT2D eigenvalue weighted by Crippen LogP contribution is 2.34. The number of sulfone groups is 1. The fraction of sp³-hybridized carbons (Fsp3) is 0.158. The zero-order chi connectivity index (χ0) is 18.9. The maximum absolute atomic E-state index is 13.0. The quantitative estimate of drug-likeness (QED) is 0.604. The molecule has 0 amide bonds. The summed E-state index contributed by atoms with van der Waals surface area (Å²) in [6.45, 7) is 3.54. The number of nitrogens with zero attached hydrogens (tertiary/aromatic N) is 1. The van der Waals surface area contributed by atoms with Crippen LogP contribution in [0.15, 0.2) is 51.9 Å². The minimum atomic E-state index is -3.70. The molecule has 1 aromatic heterocycles. The predicted octanol–water partition coefficient (Wildman–Crippen LogP) is 4.40. The number of hydrogen-bond donors (Lipinski definition) is 0. The van der Waals surface area contributed by atoms with Crippen LogP contribution in [-0.2, 0) is 15.6 Å². The first-order valence-corrected chi connectivity index (χ1v) is 9.85. The van der Waals surface area contributed by atoms with Gasteiger partial charge < -0.3 is 4.52 Å². The summed E-state index contributed by atoms with van der Waals surface area (Å²) in [5.41, 5.74) is 2.83. The Morgan fingerprint density at radius 1 is 1.12 bits per heavy atom. The summed E-state index contributed by atoms with van der Waals surface area (Å²) in [6, 6.07) is 11.4. The SMILES string of the molecule is Cc1noc(CS(=O)(=O)c2ccccc2-c2ccc(C=O)cc2Cl)c1C. The van der Waals surface area contributed by atoms with Crippen molar-refractivity contribution in [2.75, 3.05) is 0 Å². The highest BCUT2D eigenvalue weighted by atomic mass is 35.5. The molecule has 3 aromatic rings. The van der Waals surface area contributed by atoms with E-state index in [9.17, 15) is 13.2 Å². The molecule has 0 fully saturated rings. The average Bonchev–Trinajstić information content (AvgIpc) is 2.93. The Bertz CT molecular complexity index is 1090. The fourth-order valence-electron chi connectivity index (χ4n) is 2.63. The summed E-state index contributed by atoms with van der Waals surface area (Å²) in [7, 11) is -3.70. The van der Waals surface area contributed by atoms with E-state index in [1.807, 2.05) is 0 Å². The molecular weight excluding hydrogens is 374 g/mol. The summed E-state index contributed by atoms with van der Waals surface area (Å²) in [6.07, 6.45) is 0.688. The molecule has 7 heteroatoms. The van der Waals surface area contributed by atoms with Crippen molar-refractivity contribution in [2.24, 2.45) is 0 Å². The molecule has 26 heavy (non-hydrogen) atoms. The molecule has 0 atom stereocenters. The van der Waals surface area contributed by atoms with Crippen molar-refractivity contribution >= 4 is 27.7 Å². The molecule has 2 aromatic carbocycles. The summed E-state index contributed by atoms with van der Waals surface area (Å²) < 4.78 is 31.2. The van der Waals surface area contributed by atoms with Crippen LogP contribution in [0.25, 0.3) is 11.1 Å². The topological polar surface area (TPSA) is 77.2 Å². The predicted molar refractivity (Wildman–Crippen MR) is 99.1 cm³/mol. The second-order valence-corrected chi connectivity index (χ2v) is 8.29. The third-order valence-electron chi connectivity index (χ3n) is 4.22. The second-order valence-electron chi connectivity index (χ2n) is 5.93. The van der Waals surface area contributed by atoms with E-state index in [0.29, 0.717) is 39.5 Å². The number of halogens is 1. The van der Waals surface area contributed by atoms with Crippen molar-refractivity contribution in [2.45, 2.75) is 24.5 Å². The van der Waals surface area contributed by atoms with Crippen molar-refractivity contribution in [3.05, 3.63) is 70.1 Å². The minimum absolute atomic E-state index is 0.147. The van der Waals surface area contributed by atoms with Gasteiger partial charge >= 0.3 is 0 Å². The van der Waals surface area contributed by atoms with E-state index in [1.54, 1.807) is 44.2 Å².